The highest BCUT2D eigenvalue weighted by atomic mass is 16.5. The summed E-state index contributed by atoms with van der Waals surface area (Å²) < 4.78 is 10.8. The van der Waals surface area contributed by atoms with E-state index < -0.39 is 23.8 Å². The predicted molar refractivity (Wildman–Crippen MR) is 111 cm³/mol. The molecule has 0 spiro atoms. The molecule has 31 heavy (non-hydrogen) atoms. The quantitative estimate of drug-likeness (QED) is 0.574. The van der Waals surface area contributed by atoms with E-state index in [-0.39, 0.29) is 12.3 Å². The van der Waals surface area contributed by atoms with Crippen LogP contribution in [0.15, 0.2) is 46.9 Å². The van der Waals surface area contributed by atoms with Crippen LogP contribution in [0.3, 0.4) is 0 Å². The number of para-hydroxylation sites is 1. The van der Waals surface area contributed by atoms with Gasteiger partial charge in [-0.3, -0.25) is 14.4 Å². The molecule has 10 heteroatoms. The molecule has 0 bridgehead atoms. The van der Waals surface area contributed by atoms with Gasteiger partial charge in [-0.25, -0.2) is 0 Å². The Morgan fingerprint density at radius 3 is 2.71 bits per heavy atom. The molecule has 10 nitrogen and oxygen atoms in total. The maximum atomic E-state index is 12.6. The number of nitrogens with one attached hydrogen (secondary N) is 3. The molecule has 0 fully saturated rings. The number of carbonyl (C=O) groups excluding carboxylic acids is 3. The van der Waals surface area contributed by atoms with Gasteiger partial charge in [0.05, 0.1) is 30.3 Å². The lowest BCUT2D eigenvalue weighted by molar-refractivity contribution is -0.122. The van der Waals surface area contributed by atoms with Crippen molar-refractivity contribution in [3.8, 4) is 17.2 Å². The van der Waals surface area contributed by atoms with Gasteiger partial charge in [-0.05, 0) is 30.3 Å². The van der Waals surface area contributed by atoms with Crippen LogP contribution in [0, 0.1) is 6.92 Å². The maximum Gasteiger partial charge on any atom is 0.254 e. The van der Waals surface area contributed by atoms with Gasteiger partial charge in [-0.15, -0.1) is 10.2 Å². The normalized spacial score (nSPS) is 15.4. The summed E-state index contributed by atoms with van der Waals surface area (Å²) in [5, 5.41) is 15.8. The molecule has 1 unspecified atom stereocenters. The number of benzene rings is 2. The molecule has 3 amide bonds. The van der Waals surface area contributed by atoms with Gasteiger partial charge in [-0.2, -0.15) is 0 Å². The molecule has 1 aliphatic rings. The number of anilines is 2. The topological polar surface area (TPSA) is 135 Å². The van der Waals surface area contributed by atoms with Crippen molar-refractivity contribution in [2.24, 2.45) is 0 Å². The minimum Gasteiger partial charge on any atom is -0.496 e. The van der Waals surface area contributed by atoms with Gasteiger partial charge in [0.15, 0.2) is 0 Å². The average Bonchev–Trinajstić information content (AvgIpc) is 3.14. The smallest absolute Gasteiger partial charge is 0.254 e. The third kappa shape index (κ3) is 4.22. The number of fused-ring (bicyclic) bond motifs is 1. The lowest BCUT2D eigenvalue weighted by atomic mass is 10.1. The molecule has 3 N–H and O–H groups in total. The van der Waals surface area contributed by atoms with E-state index in [4.69, 9.17) is 9.15 Å². The van der Waals surface area contributed by atoms with Gasteiger partial charge in [-0.1, -0.05) is 12.1 Å². The van der Waals surface area contributed by atoms with Crippen molar-refractivity contribution in [1.82, 2.24) is 15.5 Å². The van der Waals surface area contributed by atoms with Crippen LogP contribution >= 0.6 is 0 Å². The molecule has 0 saturated carbocycles. The summed E-state index contributed by atoms with van der Waals surface area (Å²) in [5.74, 6) is -0.212. The highest BCUT2D eigenvalue weighted by Gasteiger charge is 2.29. The van der Waals surface area contributed by atoms with Crippen LogP contribution < -0.4 is 20.7 Å². The fraction of sp³-hybridized carbons (Fsp3) is 0.190. The van der Waals surface area contributed by atoms with Crippen molar-refractivity contribution in [1.29, 1.82) is 0 Å². The molecule has 158 valence electrons. The van der Waals surface area contributed by atoms with E-state index in [0.29, 0.717) is 34.1 Å². The Labute approximate surface area is 177 Å². The van der Waals surface area contributed by atoms with Crippen LogP contribution in [0.4, 0.5) is 11.4 Å². The zero-order valence-corrected chi connectivity index (χ0v) is 16.8. The Kier molecular flexibility index (Phi) is 5.35. The number of hydrogen-bond donors (Lipinski definition) is 3. The Bertz CT molecular complexity index is 1170. The first kappa shape index (κ1) is 20.1. The second kappa shape index (κ2) is 8.27. The van der Waals surface area contributed by atoms with E-state index in [2.05, 4.69) is 26.1 Å². The van der Waals surface area contributed by atoms with E-state index in [9.17, 15) is 14.4 Å². The molecule has 2 aromatic carbocycles. The van der Waals surface area contributed by atoms with Gasteiger partial charge < -0.3 is 25.1 Å². The minimum atomic E-state index is -1.02. The van der Waals surface area contributed by atoms with Gasteiger partial charge in [0, 0.05) is 12.6 Å². The lowest BCUT2D eigenvalue weighted by Crippen LogP contribution is -2.43. The molecular weight excluding hydrogens is 402 g/mol. The van der Waals surface area contributed by atoms with Crippen LogP contribution in [-0.4, -0.2) is 41.1 Å². The summed E-state index contributed by atoms with van der Waals surface area (Å²) in [6, 6.07) is 10.6. The van der Waals surface area contributed by atoms with E-state index in [0.717, 1.165) is 0 Å². The highest BCUT2D eigenvalue weighted by Crippen LogP contribution is 2.31. The number of aryl methyl sites for hydroxylation is 1. The summed E-state index contributed by atoms with van der Waals surface area (Å²) in [4.78, 5) is 37.5. The summed E-state index contributed by atoms with van der Waals surface area (Å²) in [7, 11) is 1.51. The zero-order valence-electron chi connectivity index (χ0n) is 16.8. The number of carbonyl (C=O) groups is 3. The fourth-order valence-electron chi connectivity index (χ4n) is 3.21. The monoisotopic (exact) mass is 421 g/mol. The SMILES string of the molecule is COc1ccc(NC(=O)CC2NC(=O)c3ccccc3NC2=O)cc1-c1nnc(C)o1. The largest absolute Gasteiger partial charge is 0.496 e. The van der Waals surface area contributed by atoms with Crippen molar-refractivity contribution in [3.63, 3.8) is 0 Å². The summed E-state index contributed by atoms with van der Waals surface area (Å²) in [6.45, 7) is 1.67. The molecule has 2 heterocycles. The molecular formula is C21H19N5O5. The molecule has 0 aliphatic carbocycles. The van der Waals surface area contributed by atoms with Crippen LogP contribution in [0.5, 0.6) is 5.75 Å². The van der Waals surface area contributed by atoms with Crippen LogP contribution in [0.1, 0.15) is 22.7 Å². The van der Waals surface area contributed by atoms with E-state index in [1.165, 1.54) is 7.11 Å². The number of nitrogens with zero attached hydrogens (tertiary/aromatic N) is 2. The first-order valence-corrected chi connectivity index (χ1v) is 9.43. The first-order chi connectivity index (χ1) is 14.9. The number of hydrogen-bond acceptors (Lipinski definition) is 7. The molecule has 1 atom stereocenters. The zero-order chi connectivity index (χ0) is 22.0. The van der Waals surface area contributed by atoms with E-state index >= 15 is 0 Å². The molecule has 1 aromatic heterocycles. The Morgan fingerprint density at radius 2 is 1.97 bits per heavy atom. The lowest BCUT2D eigenvalue weighted by Gasteiger charge is -2.15. The second-order valence-electron chi connectivity index (χ2n) is 6.85. The van der Waals surface area contributed by atoms with Gasteiger partial charge in [0.2, 0.25) is 17.7 Å². The molecule has 0 saturated heterocycles. The Balaban J connectivity index is 1.49. The van der Waals surface area contributed by atoms with Gasteiger partial charge in [0.1, 0.15) is 11.8 Å². The average molecular weight is 421 g/mol. The fourth-order valence-corrected chi connectivity index (χ4v) is 3.21. The summed E-state index contributed by atoms with van der Waals surface area (Å²) in [5.41, 5.74) is 1.70. The molecule has 3 aromatic rings. The van der Waals surface area contributed by atoms with Crippen molar-refractivity contribution >= 4 is 29.1 Å². The third-order valence-corrected chi connectivity index (χ3v) is 4.68. The van der Waals surface area contributed by atoms with Crippen LogP contribution in [0.25, 0.3) is 11.5 Å². The standard InChI is InChI=1S/C21H19N5O5/c1-11-25-26-21(31-11)14-9-12(7-8-17(14)30-2)22-18(27)10-16-20(29)23-15-6-4-3-5-13(15)19(28)24-16/h3-9,16H,10H2,1-2H3,(H,22,27)(H,23,29)(H,24,28). The number of rotatable bonds is 5. The van der Waals surface area contributed by atoms with Crippen molar-refractivity contribution in [2.75, 3.05) is 17.7 Å². The number of amides is 3. The van der Waals surface area contributed by atoms with Crippen molar-refractivity contribution in [3.05, 3.63) is 53.9 Å². The van der Waals surface area contributed by atoms with E-state index in [1.807, 2.05) is 0 Å². The van der Waals surface area contributed by atoms with Crippen molar-refractivity contribution in [2.45, 2.75) is 19.4 Å². The highest BCUT2D eigenvalue weighted by molar-refractivity contribution is 6.11. The van der Waals surface area contributed by atoms with Gasteiger partial charge >= 0.3 is 0 Å². The summed E-state index contributed by atoms with van der Waals surface area (Å²) >= 11 is 0. The third-order valence-electron chi connectivity index (χ3n) is 4.68. The second-order valence-corrected chi connectivity index (χ2v) is 6.85. The van der Waals surface area contributed by atoms with Gasteiger partial charge in [0.25, 0.3) is 11.8 Å². The molecule has 1 aliphatic heterocycles. The van der Waals surface area contributed by atoms with Crippen LogP contribution in [0.2, 0.25) is 0 Å². The van der Waals surface area contributed by atoms with Crippen molar-refractivity contribution < 1.29 is 23.5 Å². The minimum absolute atomic E-state index is 0.243. The molecule has 0 radical (unpaired) electrons. The summed E-state index contributed by atoms with van der Waals surface area (Å²) in [6.07, 6.45) is -0.243. The van der Waals surface area contributed by atoms with Crippen LogP contribution in [-0.2, 0) is 9.59 Å². The van der Waals surface area contributed by atoms with E-state index in [1.54, 1.807) is 49.4 Å². The maximum absolute atomic E-state index is 12.6. The molecule has 4 rings (SSSR count). The number of methoxy groups -OCH3 is 1. The first-order valence-electron chi connectivity index (χ1n) is 9.43. The Hall–Kier alpha value is -4.21. The number of ether oxygens (including phenoxy) is 1. The number of aromatic nitrogens is 2. The Morgan fingerprint density at radius 1 is 1.16 bits per heavy atom. The predicted octanol–water partition coefficient (Wildman–Crippen LogP) is 2.13.